The van der Waals surface area contributed by atoms with Crippen LogP contribution in [0, 0.1) is 22.7 Å². The highest BCUT2D eigenvalue weighted by atomic mass is 16.1. The molecule has 3 fully saturated rings. The molecule has 1 spiro atoms. The number of carbonyl (C=O) groups is 2. The van der Waals surface area contributed by atoms with Crippen LogP contribution in [-0.4, -0.2) is 11.6 Å². The molecule has 3 aliphatic carbocycles. The summed E-state index contributed by atoms with van der Waals surface area (Å²) in [4.78, 5) is 24.3. The van der Waals surface area contributed by atoms with Gasteiger partial charge in [-0.25, -0.2) is 0 Å². The van der Waals surface area contributed by atoms with Gasteiger partial charge in [-0.15, -0.1) is 0 Å². The number of Topliss-reactive ketones (excluding diaryl/α,β-unsaturated/α-hetero) is 2. The molecule has 1 unspecified atom stereocenters. The molecule has 3 atom stereocenters. The summed E-state index contributed by atoms with van der Waals surface area (Å²) in [5, 5.41) is 0. The average Bonchev–Trinajstić information content (AvgIpc) is 2.58. The lowest BCUT2D eigenvalue weighted by Crippen LogP contribution is -2.22. The fourth-order valence-electron chi connectivity index (χ4n) is 4.17. The highest BCUT2D eigenvalue weighted by molar-refractivity contribution is 6.01. The van der Waals surface area contributed by atoms with Crippen LogP contribution in [0.25, 0.3) is 0 Å². The second-order valence-electron chi connectivity index (χ2n) is 6.42. The van der Waals surface area contributed by atoms with Crippen LogP contribution < -0.4 is 0 Å². The van der Waals surface area contributed by atoms with Crippen LogP contribution in [0.5, 0.6) is 0 Å². The second-order valence-corrected chi connectivity index (χ2v) is 6.42. The first-order valence-electron chi connectivity index (χ1n) is 6.03. The van der Waals surface area contributed by atoms with E-state index in [0.717, 1.165) is 19.3 Å². The Bertz CT molecular complexity index is 356. The van der Waals surface area contributed by atoms with Crippen molar-refractivity contribution in [3.8, 4) is 0 Å². The molecule has 0 bridgehead atoms. The maximum absolute atomic E-state index is 12.3. The van der Waals surface area contributed by atoms with Crippen molar-refractivity contribution < 1.29 is 9.59 Å². The van der Waals surface area contributed by atoms with E-state index in [-0.39, 0.29) is 16.7 Å². The molecule has 0 N–H and O–H groups in total. The van der Waals surface area contributed by atoms with E-state index >= 15 is 0 Å². The number of hydrogen-bond acceptors (Lipinski definition) is 2. The summed E-state index contributed by atoms with van der Waals surface area (Å²) in [6.07, 6.45) is 4.49. The van der Waals surface area contributed by atoms with Gasteiger partial charge in [-0.1, -0.05) is 20.3 Å². The van der Waals surface area contributed by atoms with E-state index in [4.69, 9.17) is 0 Å². The molecule has 0 aliphatic heterocycles. The standard InChI is InChI=1S/C13H18O2/c1-12(2)6-9(14)11-8-4-3-5-13(8,11)10(15)7-12/h8,11H,3-7H2,1-2H3/t8-,11+,13?/m0/s1. The molecule has 3 aliphatic rings. The first-order valence-corrected chi connectivity index (χ1v) is 6.03. The van der Waals surface area contributed by atoms with Gasteiger partial charge in [0, 0.05) is 24.2 Å². The van der Waals surface area contributed by atoms with Gasteiger partial charge in [0.25, 0.3) is 0 Å². The minimum absolute atomic E-state index is 0.0938. The van der Waals surface area contributed by atoms with E-state index in [1.165, 1.54) is 0 Å². The molecule has 0 amide bonds. The van der Waals surface area contributed by atoms with Crippen LogP contribution in [0.2, 0.25) is 0 Å². The Labute approximate surface area is 90.4 Å². The summed E-state index contributed by atoms with van der Waals surface area (Å²) in [5.74, 6) is 1.33. The van der Waals surface area contributed by atoms with Crippen molar-refractivity contribution in [2.75, 3.05) is 0 Å². The summed E-state index contributed by atoms with van der Waals surface area (Å²) in [6, 6.07) is 0. The maximum atomic E-state index is 12.3. The number of rotatable bonds is 0. The van der Waals surface area contributed by atoms with Gasteiger partial charge in [-0.05, 0) is 24.2 Å². The van der Waals surface area contributed by atoms with Gasteiger partial charge in [0.2, 0.25) is 0 Å². The summed E-state index contributed by atoms with van der Waals surface area (Å²) in [5.41, 5.74) is -0.256. The number of carbonyl (C=O) groups excluding carboxylic acids is 2. The monoisotopic (exact) mass is 206 g/mol. The zero-order valence-corrected chi connectivity index (χ0v) is 9.51. The van der Waals surface area contributed by atoms with Crippen LogP contribution in [0.4, 0.5) is 0 Å². The lowest BCUT2D eigenvalue weighted by Gasteiger charge is -2.22. The molecule has 82 valence electrons. The molecule has 0 aromatic carbocycles. The Morgan fingerprint density at radius 1 is 1.20 bits per heavy atom. The first kappa shape index (κ1) is 9.56. The Kier molecular flexibility index (Phi) is 1.61. The van der Waals surface area contributed by atoms with E-state index in [9.17, 15) is 9.59 Å². The van der Waals surface area contributed by atoms with Crippen molar-refractivity contribution in [3.05, 3.63) is 0 Å². The average molecular weight is 206 g/mol. The highest BCUT2D eigenvalue weighted by Gasteiger charge is 2.74. The lowest BCUT2D eigenvalue weighted by molar-refractivity contribution is -0.127. The van der Waals surface area contributed by atoms with Crippen molar-refractivity contribution in [2.24, 2.45) is 22.7 Å². The summed E-state index contributed by atoms with van der Waals surface area (Å²) < 4.78 is 0. The van der Waals surface area contributed by atoms with Gasteiger partial charge in [-0.2, -0.15) is 0 Å². The van der Waals surface area contributed by atoms with E-state index in [1.54, 1.807) is 0 Å². The fourth-order valence-corrected chi connectivity index (χ4v) is 4.17. The summed E-state index contributed by atoms with van der Waals surface area (Å²) >= 11 is 0. The van der Waals surface area contributed by atoms with Crippen molar-refractivity contribution in [2.45, 2.75) is 46.0 Å². The molecule has 0 aromatic rings. The predicted octanol–water partition coefficient (Wildman–Crippen LogP) is 2.36. The van der Waals surface area contributed by atoms with Crippen LogP contribution in [0.3, 0.4) is 0 Å². The molecular formula is C13H18O2. The lowest BCUT2D eigenvalue weighted by atomic mass is 9.81. The normalized spacial score (nSPS) is 47.1. The van der Waals surface area contributed by atoms with Gasteiger partial charge < -0.3 is 0 Å². The predicted molar refractivity (Wildman–Crippen MR) is 56.3 cm³/mol. The SMILES string of the molecule is CC1(C)CC(=O)[C@H]2[C@@H]3CCCC32C(=O)C1. The number of fused-ring (bicyclic) bond motifs is 1. The highest BCUT2D eigenvalue weighted by Crippen LogP contribution is 2.71. The van der Waals surface area contributed by atoms with Crippen LogP contribution in [-0.2, 0) is 9.59 Å². The van der Waals surface area contributed by atoms with E-state index in [0.29, 0.717) is 30.3 Å². The Hall–Kier alpha value is -0.660. The van der Waals surface area contributed by atoms with Crippen molar-refractivity contribution in [3.63, 3.8) is 0 Å². The fraction of sp³-hybridized carbons (Fsp3) is 0.846. The van der Waals surface area contributed by atoms with Gasteiger partial charge in [0.05, 0.1) is 0 Å². The summed E-state index contributed by atoms with van der Waals surface area (Å²) in [6.45, 7) is 4.10. The maximum Gasteiger partial charge on any atom is 0.140 e. The Morgan fingerprint density at radius 3 is 2.67 bits per heavy atom. The van der Waals surface area contributed by atoms with Gasteiger partial charge in [0.15, 0.2) is 0 Å². The van der Waals surface area contributed by atoms with Crippen LogP contribution in [0.1, 0.15) is 46.0 Å². The molecule has 0 radical (unpaired) electrons. The zero-order valence-electron chi connectivity index (χ0n) is 9.51. The molecular weight excluding hydrogens is 188 g/mol. The Morgan fingerprint density at radius 2 is 1.93 bits per heavy atom. The number of hydrogen-bond donors (Lipinski definition) is 0. The quantitative estimate of drug-likeness (QED) is 0.609. The van der Waals surface area contributed by atoms with Crippen molar-refractivity contribution in [1.29, 1.82) is 0 Å². The van der Waals surface area contributed by atoms with Gasteiger partial charge in [-0.3, -0.25) is 9.59 Å². The third-order valence-electron chi connectivity index (χ3n) is 4.77. The smallest absolute Gasteiger partial charge is 0.140 e. The summed E-state index contributed by atoms with van der Waals surface area (Å²) in [7, 11) is 0. The third kappa shape index (κ3) is 1.05. The third-order valence-corrected chi connectivity index (χ3v) is 4.77. The van der Waals surface area contributed by atoms with Gasteiger partial charge >= 0.3 is 0 Å². The first-order chi connectivity index (χ1) is 6.97. The van der Waals surface area contributed by atoms with E-state index in [1.807, 2.05) is 13.8 Å². The molecule has 0 aromatic heterocycles. The van der Waals surface area contributed by atoms with Crippen molar-refractivity contribution in [1.82, 2.24) is 0 Å². The second kappa shape index (κ2) is 2.53. The van der Waals surface area contributed by atoms with Gasteiger partial charge in [0.1, 0.15) is 11.6 Å². The Balaban J connectivity index is 1.98. The minimum atomic E-state index is -0.162. The topological polar surface area (TPSA) is 34.1 Å². The van der Waals surface area contributed by atoms with E-state index < -0.39 is 0 Å². The number of ketones is 2. The van der Waals surface area contributed by atoms with Crippen molar-refractivity contribution >= 4 is 11.6 Å². The molecule has 2 nitrogen and oxygen atoms in total. The van der Waals surface area contributed by atoms with E-state index in [2.05, 4.69) is 0 Å². The molecule has 15 heavy (non-hydrogen) atoms. The minimum Gasteiger partial charge on any atom is -0.299 e. The van der Waals surface area contributed by atoms with Crippen LogP contribution in [0.15, 0.2) is 0 Å². The van der Waals surface area contributed by atoms with Crippen LogP contribution >= 0.6 is 0 Å². The molecule has 0 heterocycles. The molecule has 3 rings (SSSR count). The molecule has 3 saturated carbocycles. The largest absolute Gasteiger partial charge is 0.299 e. The zero-order chi connectivity index (χ0) is 10.8. The molecule has 2 heteroatoms. The molecule has 0 saturated heterocycles.